The third-order valence-corrected chi connectivity index (χ3v) is 5.29. The summed E-state index contributed by atoms with van der Waals surface area (Å²) in [5.41, 5.74) is 0.629. The molecule has 0 saturated carbocycles. The van der Waals surface area contributed by atoms with Gasteiger partial charge >= 0.3 is 0 Å². The summed E-state index contributed by atoms with van der Waals surface area (Å²) < 4.78 is 5.72. The number of piperidine rings is 3. The van der Waals surface area contributed by atoms with E-state index in [0.29, 0.717) is 28.9 Å². The normalized spacial score (nSPS) is 23.7. The van der Waals surface area contributed by atoms with Crippen LogP contribution in [0.4, 0.5) is 5.82 Å². The molecule has 3 aliphatic rings. The van der Waals surface area contributed by atoms with E-state index < -0.39 is 0 Å². The van der Waals surface area contributed by atoms with Gasteiger partial charge in [0.2, 0.25) is 5.91 Å². The second-order valence-electron chi connectivity index (χ2n) is 7.26. The van der Waals surface area contributed by atoms with Crippen LogP contribution in [-0.4, -0.2) is 47.4 Å². The number of fused-ring (bicyclic) bond motifs is 3. The van der Waals surface area contributed by atoms with Crippen molar-refractivity contribution in [3.8, 4) is 11.6 Å². The van der Waals surface area contributed by atoms with Gasteiger partial charge in [0, 0.05) is 31.1 Å². The van der Waals surface area contributed by atoms with Crippen molar-refractivity contribution in [3.05, 3.63) is 42.0 Å². The highest BCUT2D eigenvalue weighted by Gasteiger charge is 2.34. The maximum atomic E-state index is 12.5. The summed E-state index contributed by atoms with van der Waals surface area (Å²) in [6.07, 6.45) is 2.35. The lowest BCUT2D eigenvalue weighted by Crippen LogP contribution is -2.57. The molecule has 3 N–H and O–H groups in total. The van der Waals surface area contributed by atoms with E-state index >= 15 is 0 Å². The van der Waals surface area contributed by atoms with Crippen molar-refractivity contribution >= 4 is 17.6 Å². The summed E-state index contributed by atoms with van der Waals surface area (Å²) in [5.74, 6) is 2.13. The minimum Gasteiger partial charge on any atom is -0.441 e. The number of nitrogens with one attached hydrogen (secondary N) is 3. The minimum atomic E-state index is -0.151. The van der Waals surface area contributed by atoms with Crippen LogP contribution in [0.1, 0.15) is 30.1 Å². The molecule has 3 fully saturated rings. The van der Waals surface area contributed by atoms with E-state index in [1.165, 1.54) is 19.8 Å². The lowest BCUT2D eigenvalue weighted by atomic mass is 9.84. The number of amides is 2. The first-order valence-corrected chi connectivity index (χ1v) is 9.34. The van der Waals surface area contributed by atoms with Crippen LogP contribution in [0, 0.1) is 5.92 Å². The second kappa shape index (κ2) is 7.44. The average molecular weight is 368 g/mol. The van der Waals surface area contributed by atoms with Crippen molar-refractivity contribution in [3.63, 3.8) is 0 Å². The number of carbonyl (C=O) groups excluding carboxylic acids is 2. The predicted octanol–water partition coefficient (Wildman–Crippen LogP) is 2.59. The number of nitrogens with zero attached hydrogens (tertiary/aromatic N) is 1. The van der Waals surface area contributed by atoms with E-state index in [0.717, 1.165) is 19.6 Å². The molecule has 7 heteroatoms. The molecule has 3 saturated heterocycles. The van der Waals surface area contributed by atoms with Crippen molar-refractivity contribution in [2.24, 2.45) is 5.92 Å². The standard InChI is InChI=1S/C20H24N4O3/c1-13(25)21-18-6-7-19(23-18)27-16-4-2-15(3-5-16)20(26)22-17-12-24-10-8-14(17)9-11-24/h2-7,14,17,23H,8-12H2,1H3,(H,21,25)(H,22,26). The minimum absolute atomic E-state index is 0.0341. The molecular formula is C20H24N4O3. The van der Waals surface area contributed by atoms with Gasteiger partial charge in [-0.05, 0) is 62.2 Å². The maximum absolute atomic E-state index is 12.5. The number of carbonyl (C=O) groups is 2. The first-order valence-electron chi connectivity index (χ1n) is 9.34. The Morgan fingerprint density at radius 2 is 1.85 bits per heavy atom. The highest BCUT2D eigenvalue weighted by Crippen LogP contribution is 2.28. The van der Waals surface area contributed by atoms with Crippen LogP contribution in [0.25, 0.3) is 0 Å². The van der Waals surface area contributed by atoms with Crippen molar-refractivity contribution in [1.29, 1.82) is 0 Å². The molecule has 5 rings (SSSR count). The van der Waals surface area contributed by atoms with E-state index in [9.17, 15) is 9.59 Å². The Labute approximate surface area is 158 Å². The molecular weight excluding hydrogens is 344 g/mol. The molecule has 2 bridgehead atoms. The third kappa shape index (κ3) is 4.14. The molecule has 1 atom stereocenters. The van der Waals surface area contributed by atoms with Gasteiger partial charge in [-0.1, -0.05) is 0 Å². The zero-order valence-corrected chi connectivity index (χ0v) is 15.3. The number of H-pyrrole nitrogens is 1. The Kier molecular flexibility index (Phi) is 4.85. The summed E-state index contributed by atoms with van der Waals surface area (Å²) in [7, 11) is 0. The Bertz CT molecular complexity index is 822. The summed E-state index contributed by atoms with van der Waals surface area (Å²) in [4.78, 5) is 29.0. The molecule has 7 nitrogen and oxygen atoms in total. The van der Waals surface area contributed by atoms with Crippen LogP contribution >= 0.6 is 0 Å². The van der Waals surface area contributed by atoms with Gasteiger partial charge in [-0.15, -0.1) is 0 Å². The van der Waals surface area contributed by atoms with E-state index in [4.69, 9.17) is 4.74 Å². The van der Waals surface area contributed by atoms with Gasteiger partial charge in [0.1, 0.15) is 11.6 Å². The molecule has 1 aromatic carbocycles. The molecule has 0 spiro atoms. The quantitative estimate of drug-likeness (QED) is 0.757. The molecule has 1 aromatic heterocycles. The van der Waals surface area contributed by atoms with Gasteiger partial charge in [0.15, 0.2) is 5.88 Å². The number of anilines is 1. The van der Waals surface area contributed by atoms with Crippen molar-refractivity contribution < 1.29 is 14.3 Å². The smallest absolute Gasteiger partial charge is 0.251 e. The zero-order chi connectivity index (χ0) is 18.8. The second-order valence-corrected chi connectivity index (χ2v) is 7.26. The monoisotopic (exact) mass is 368 g/mol. The van der Waals surface area contributed by atoms with Crippen LogP contribution in [-0.2, 0) is 4.79 Å². The predicted molar refractivity (Wildman–Crippen MR) is 102 cm³/mol. The van der Waals surface area contributed by atoms with Gasteiger partial charge in [-0.25, -0.2) is 0 Å². The van der Waals surface area contributed by atoms with Crippen LogP contribution < -0.4 is 15.4 Å². The Morgan fingerprint density at radius 3 is 2.48 bits per heavy atom. The molecule has 2 amide bonds. The largest absolute Gasteiger partial charge is 0.441 e. The Hall–Kier alpha value is -2.80. The first-order chi connectivity index (χ1) is 13.1. The summed E-state index contributed by atoms with van der Waals surface area (Å²) in [6, 6.07) is 10.8. The fourth-order valence-electron chi connectivity index (χ4n) is 3.88. The number of hydrogen-bond donors (Lipinski definition) is 3. The highest BCUT2D eigenvalue weighted by molar-refractivity contribution is 5.94. The lowest BCUT2D eigenvalue weighted by molar-refractivity contribution is -0.114. The topological polar surface area (TPSA) is 86.5 Å². The van der Waals surface area contributed by atoms with Crippen LogP contribution in [0.3, 0.4) is 0 Å². The summed E-state index contributed by atoms with van der Waals surface area (Å²) >= 11 is 0. The SMILES string of the molecule is CC(=O)Nc1ccc(Oc2ccc(C(=O)NC3CN4CCC3CC4)cc2)[nH]1. The van der Waals surface area contributed by atoms with Crippen molar-refractivity contribution in [1.82, 2.24) is 15.2 Å². The number of rotatable bonds is 5. The first kappa shape index (κ1) is 17.6. The fraction of sp³-hybridized carbons (Fsp3) is 0.400. The number of hydrogen-bond acceptors (Lipinski definition) is 4. The van der Waals surface area contributed by atoms with Gasteiger partial charge in [-0.2, -0.15) is 0 Å². The van der Waals surface area contributed by atoms with E-state index in [-0.39, 0.29) is 17.9 Å². The molecule has 142 valence electrons. The molecule has 0 aliphatic carbocycles. The van der Waals surface area contributed by atoms with Gasteiger partial charge < -0.3 is 25.3 Å². The van der Waals surface area contributed by atoms with Crippen LogP contribution in [0.2, 0.25) is 0 Å². The molecule has 0 radical (unpaired) electrons. The van der Waals surface area contributed by atoms with Crippen LogP contribution in [0.5, 0.6) is 11.6 Å². The summed E-state index contributed by atoms with van der Waals surface area (Å²) in [5, 5.41) is 5.84. The van der Waals surface area contributed by atoms with Gasteiger partial charge in [0.25, 0.3) is 5.91 Å². The third-order valence-electron chi connectivity index (χ3n) is 5.29. The lowest BCUT2D eigenvalue weighted by Gasteiger charge is -2.44. The molecule has 2 aromatic rings. The average Bonchev–Trinajstić information content (AvgIpc) is 3.09. The highest BCUT2D eigenvalue weighted by atomic mass is 16.5. The molecule has 3 aliphatic heterocycles. The zero-order valence-electron chi connectivity index (χ0n) is 15.3. The Morgan fingerprint density at radius 1 is 1.11 bits per heavy atom. The fourth-order valence-corrected chi connectivity index (χ4v) is 3.88. The number of benzene rings is 1. The number of aromatic nitrogens is 1. The van der Waals surface area contributed by atoms with Crippen LogP contribution in [0.15, 0.2) is 36.4 Å². The van der Waals surface area contributed by atoms with Gasteiger partial charge in [0.05, 0.1) is 0 Å². The van der Waals surface area contributed by atoms with Crippen molar-refractivity contribution in [2.75, 3.05) is 25.0 Å². The van der Waals surface area contributed by atoms with Crippen molar-refractivity contribution in [2.45, 2.75) is 25.8 Å². The van der Waals surface area contributed by atoms with E-state index in [2.05, 4.69) is 20.5 Å². The molecule has 27 heavy (non-hydrogen) atoms. The van der Waals surface area contributed by atoms with E-state index in [1.807, 2.05) is 0 Å². The number of ether oxygens (including phenoxy) is 1. The number of aromatic amines is 1. The van der Waals surface area contributed by atoms with Gasteiger partial charge in [-0.3, -0.25) is 9.59 Å². The maximum Gasteiger partial charge on any atom is 0.251 e. The Balaban J connectivity index is 1.35. The van der Waals surface area contributed by atoms with E-state index in [1.54, 1.807) is 36.4 Å². The summed E-state index contributed by atoms with van der Waals surface area (Å²) in [6.45, 7) is 4.72. The molecule has 4 heterocycles. The molecule has 1 unspecified atom stereocenters.